The number of halogens is 3. The highest BCUT2D eigenvalue weighted by atomic mass is 19.4. The molecule has 3 rings (SSSR count). The molecule has 0 N–H and O–H groups in total. The maximum atomic E-state index is 12.8. The van der Waals surface area contributed by atoms with E-state index in [-0.39, 0.29) is 30.0 Å². The van der Waals surface area contributed by atoms with Crippen LogP contribution < -0.4 is 4.74 Å². The van der Waals surface area contributed by atoms with Gasteiger partial charge in [-0.3, -0.25) is 4.79 Å². The zero-order valence-electron chi connectivity index (χ0n) is 13.7. The van der Waals surface area contributed by atoms with Crippen molar-refractivity contribution in [1.82, 2.24) is 19.6 Å². The molecule has 1 atom stereocenters. The normalized spacial score (nSPS) is 18.4. The predicted molar refractivity (Wildman–Crippen MR) is 79.1 cm³/mol. The fourth-order valence-corrected chi connectivity index (χ4v) is 2.98. The molecule has 136 valence electrons. The minimum absolute atomic E-state index is 0.0355. The number of likely N-dealkylation sites (tertiary alicyclic amines) is 1. The van der Waals surface area contributed by atoms with Gasteiger partial charge in [0.2, 0.25) is 5.76 Å². The smallest absolute Gasteiger partial charge is 0.434 e. The summed E-state index contributed by atoms with van der Waals surface area (Å²) in [6.45, 7) is 0.763. The van der Waals surface area contributed by atoms with Gasteiger partial charge in [0, 0.05) is 32.3 Å². The van der Waals surface area contributed by atoms with Crippen LogP contribution in [0.25, 0.3) is 0 Å². The molecule has 0 unspecified atom stereocenters. The van der Waals surface area contributed by atoms with Crippen LogP contribution >= 0.6 is 0 Å². The fourth-order valence-electron chi connectivity index (χ4n) is 2.98. The Morgan fingerprint density at radius 2 is 2.20 bits per heavy atom. The van der Waals surface area contributed by atoms with Crippen LogP contribution in [-0.4, -0.2) is 45.7 Å². The van der Waals surface area contributed by atoms with Gasteiger partial charge in [-0.1, -0.05) is 0 Å². The highest BCUT2D eigenvalue weighted by Gasteiger charge is 2.36. The van der Waals surface area contributed by atoms with Gasteiger partial charge in [-0.15, -0.1) is 0 Å². The zero-order chi connectivity index (χ0) is 18.2. The summed E-state index contributed by atoms with van der Waals surface area (Å²) < 4.78 is 49.7. The largest absolute Gasteiger partial charge is 0.479 e. The number of hydrogen-bond donors (Lipinski definition) is 0. The highest BCUT2D eigenvalue weighted by molar-refractivity contribution is 5.91. The molecule has 0 radical (unpaired) electrons. The number of aromatic nitrogens is 3. The van der Waals surface area contributed by atoms with Crippen LogP contribution in [0.4, 0.5) is 13.2 Å². The molecule has 0 aliphatic carbocycles. The summed E-state index contributed by atoms with van der Waals surface area (Å²) in [5, 5.41) is 3.59. The summed E-state index contributed by atoms with van der Waals surface area (Å²) in [7, 11) is 2.93. The predicted octanol–water partition coefficient (Wildman–Crippen LogP) is 2.46. The summed E-state index contributed by atoms with van der Waals surface area (Å²) in [5.74, 6) is -0.0986. The second-order valence-electron chi connectivity index (χ2n) is 5.92. The van der Waals surface area contributed by atoms with E-state index in [1.807, 2.05) is 0 Å². The molecule has 1 fully saturated rings. The number of alkyl halides is 3. The van der Waals surface area contributed by atoms with Gasteiger partial charge in [0.15, 0.2) is 5.69 Å². The fraction of sp³-hybridized carbons (Fsp3) is 0.533. The molecule has 1 saturated heterocycles. The van der Waals surface area contributed by atoms with E-state index in [1.54, 1.807) is 0 Å². The van der Waals surface area contributed by atoms with E-state index in [0.717, 1.165) is 6.20 Å². The molecule has 2 aromatic rings. The number of methoxy groups -OCH3 is 1. The van der Waals surface area contributed by atoms with Crippen LogP contribution in [0.5, 0.6) is 5.88 Å². The summed E-state index contributed by atoms with van der Waals surface area (Å²) in [4.78, 5) is 17.8. The summed E-state index contributed by atoms with van der Waals surface area (Å²) in [6.07, 6.45) is -2.20. The van der Waals surface area contributed by atoms with Crippen LogP contribution in [0.2, 0.25) is 0 Å². The van der Waals surface area contributed by atoms with Gasteiger partial charge in [-0.2, -0.15) is 13.2 Å². The second-order valence-corrected chi connectivity index (χ2v) is 5.92. The first-order chi connectivity index (χ1) is 11.8. The lowest BCUT2D eigenvalue weighted by molar-refractivity contribution is -0.141. The number of ether oxygens (including phenoxy) is 1. The van der Waals surface area contributed by atoms with Gasteiger partial charge >= 0.3 is 6.18 Å². The SMILES string of the molecule is COc1cc(C(=O)N2CCC[C@H](c3nc(C(F)(F)F)cn3C)C2)on1. The number of aryl methyl sites for hydroxylation is 1. The molecule has 0 aromatic carbocycles. The van der Waals surface area contributed by atoms with E-state index in [0.29, 0.717) is 25.2 Å². The molecule has 10 heteroatoms. The van der Waals surface area contributed by atoms with Crippen LogP contribution in [0.15, 0.2) is 16.8 Å². The lowest BCUT2D eigenvalue weighted by Gasteiger charge is -2.31. The topological polar surface area (TPSA) is 73.4 Å². The van der Waals surface area contributed by atoms with E-state index in [1.165, 1.54) is 29.7 Å². The van der Waals surface area contributed by atoms with Crippen molar-refractivity contribution in [3.8, 4) is 5.88 Å². The molecule has 3 heterocycles. The van der Waals surface area contributed by atoms with Crippen LogP contribution in [-0.2, 0) is 13.2 Å². The van der Waals surface area contributed by atoms with Gasteiger partial charge in [0.05, 0.1) is 13.2 Å². The maximum Gasteiger partial charge on any atom is 0.434 e. The average molecular weight is 358 g/mol. The van der Waals surface area contributed by atoms with Crippen LogP contribution in [0.1, 0.15) is 40.8 Å². The third-order valence-electron chi connectivity index (χ3n) is 4.18. The third kappa shape index (κ3) is 3.47. The number of carbonyl (C=O) groups excluding carboxylic acids is 1. The van der Waals surface area contributed by atoms with Crippen molar-refractivity contribution in [2.75, 3.05) is 20.2 Å². The molecule has 2 aromatic heterocycles. The maximum absolute atomic E-state index is 12.8. The van der Waals surface area contributed by atoms with Crippen LogP contribution in [0.3, 0.4) is 0 Å². The highest BCUT2D eigenvalue weighted by Crippen LogP contribution is 2.32. The zero-order valence-corrected chi connectivity index (χ0v) is 13.7. The number of carbonyl (C=O) groups is 1. The van der Waals surface area contributed by atoms with E-state index >= 15 is 0 Å². The van der Waals surface area contributed by atoms with Gasteiger partial charge in [-0.05, 0) is 18.0 Å². The quantitative estimate of drug-likeness (QED) is 0.843. The summed E-state index contributed by atoms with van der Waals surface area (Å²) in [5.41, 5.74) is -0.923. The van der Waals surface area contributed by atoms with Crippen molar-refractivity contribution in [2.24, 2.45) is 7.05 Å². The number of piperidine rings is 1. The molecule has 7 nitrogen and oxygen atoms in total. The Labute approximate surface area is 141 Å². The van der Waals surface area contributed by atoms with Crippen molar-refractivity contribution in [3.05, 3.63) is 29.5 Å². The number of rotatable bonds is 3. The minimum Gasteiger partial charge on any atom is -0.479 e. The van der Waals surface area contributed by atoms with E-state index in [2.05, 4.69) is 10.1 Å². The molecule has 0 saturated carbocycles. The van der Waals surface area contributed by atoms with Gasteiger partial charge in [0.1, 0.15) is 5.82 Å². The second kappa shape index (κ2) is 6.41. The van der Waals surface area contributed by atoms with Crippen molar-refractivity contribution in [3.63, 3.8) is 0 Å². The molecule has 1 amide bonds. The Morgan fingerprint density at radius 1 is 1.44 bits per heavy atom. The molecule has 0 bridgehead atoms. The minimum atomic E-state index is -4.49. The first-order valence-corrected chi connectivity index (χ1v) is 7.70. The Morgan fingerprint density at radius 3 is 2.80 bits per heavy atom. The Kier molecular flexibility index (Phi) is 4.44. The van der Waals surface area contributed by atoms with E-state index < -0.39 is 11.9 Å². The van der Waals surface area contributed by atoms with Crippen molar-refractivity contribution in [1.29, 1.82) is 0 Å². The van der Waals surface area contributed by atoms with E-state index in [9.17, 15) is 18.0 Å². The van der Waals surface area contributed by atoms with Gasteiger partial charge in [0.25, 0.3) is 11.8 Å². The molecule has 1 aliphatic heterocycles. The Hall–Kier alpha value is -2.52. The summed E-state index contributed by atoms with van der Waals surface area (Å²) >= 11 is 0. The van der Waals surface area contributed by atoms with Crippen molar-refractivity contribution in [2.45, 2.75) is 24.9 Å². The molecular weight excluding hydrogens is 341 g/mol. The lowest BCUT2D eigenvalue weighted by Crippen LogP contribution is -2.39. The first-order valence-electron chi connectivity index (χ1n) is 7.70. The molecule has 0 spiro atoms. The number of amides is 1. The average Bonchev–Trinajstić information content (AvgIpc) is 3.20. The van der Waals surface area contributed by atoms with Gasteiger partial charge < -0.3 is 18.7 Å². The molecule has 25 heavy (non-hydrogen) atoms. The standard InChI is InChI=1S/C15H17F3N4O3/c1-21-8-11(15(16,17)18)19-13(21)9-4-3-5-22(7-9)14(23)10-6-12(24-2)20-25-10/h6,8-9H,3-5,7H2,1-2H3/t9-/m0/s1. The third-order valence-corrected chi connectivity index (χ3v) is 4.18. The number of hydrogen-bond acceptors (Lipinski definition) is 5. The first kappa shape index (κ1) is 17.3. The lowest BCUT2D eigenvalue weighted by atomic mass is 9.97. The number of imidazole rings is 1. The Bertz CT molecular complexity index is 768. The Balaban J connectivity index is 1.77. The monoisotopic (exact) mass is 358 g/mol. The number of nitrogens with zero attached hydrogens (tertiary/aromatic N) is 4. The molecular formula is C15H17F3N4O3. The van der Waals surface area contributed by atoms with Crippen molar-refractivity contribution < 1.29 is 27.2 Å². The van der Waals surface area contributed by atoms with Crippen LogP contribution in [0, 0.1) is 0 Å². The van der Waals surface area contributed by atoms with Crippen molar-refractivity contribution >= 4 is 5.91 Å². The van der Waals surface area contributed by atoms with E-state index in [4.69, 9.17) is 9.26 Å². The molecule has 1 aliphatic rings. The summed E-state index contributed by atoms with van der Waals surface area (Å²) in [6, 6.07) is 1.38. The van der Waals surface area contributed by atoms with Gasteiger partial charge in [-0.25, -0.2) is 4.98 Å².